The lowest BCUT2D eigenvalue weighted by atomic mass is 10.2. The molecule has 106 valence electrons. The van der Waals surface area contributed by atoms with E-state index in [9.17, 15) is 0 Å². The highest BCUT2D eigenvalue weighted by molar-refractivity contribution is 6.83. The summed E-state index contributed by atoms with van der Waals surface area (Å²) in [6.07, 6.45) is 1.01. The zero-order chi connectivity index (χ0) is 13.7. The van der Waals surface area contributed by atoms with E-state index in [2.05, 4.69) is 45.0 Å². The Labute approximate surface area is 117 Å². The lowest BCUT2D eigenvalue weighted by Gasteiger charge is -2.42. The summed E-state index contributed by atoms with van der Waals surface area (Å²) in [7, 11) is -2.38. The predicted molar refractivity (Wildman–Crippen MR) is 79.0 cm³/mol. The molecule has 1 saturated heterocycles. The van der Waals surface area contributed by atoms with Crippen LogP contribution in [-0.2, 0) is 20.0 Å². The summed E-state index contributed by atoms with van der Waals surface area (Å²) in [5.41, 5.74) is 1.77. The van der Waals surface area contributed by atoms with Crippen molar-refractivity contribution in [2.24, 2.45) is 0 Å². The lowest BCUT2D eigenvalue weighted by molar-refractivity contribution is 0.0107. The molecule has 1 aromatic carbocycles. The Morgan fingerprint density at radius 1 is 1.11 bits per heavy atom. The number of rotatable bonds is 7. The van der Waals surface area contributed by atoms with Crippen molar-refractivity contribution in [3.63, 3.8) is 0 Å². The van der Waals surface area contributed by atoms with Gasteiger partial charge >= 0.3 is 8.56 Å². The van der Waals surface area contributed by atoms with Crippen LogP contribution in [0, 0.1) is 0 Å². The fourth-order valence-electron chi connectivity index (χ4n) is 2.71. The smallest absolute Gasteiger partial charge is 0.380 e. The van der Waals surface area contributed by atoms with Crippen molar-refractivity contribution in [2.75, 3.05) is 26.4 Å². The van der Waals surface area contributed by atoms with Gasteiger partial charge in [0.05, 0.1) is 18.8 Å². The van der Waals surface area contributed by atoms with Crippen molar-refractivity contribution in [1.82, 2.24) is 0 Å². The topological polar surface area (TPSA) is 27.7 Å². The maximum atomic E-state index is 6.24. The SMILES string of the molecule is CCO[Si](OCC)(c1ccccc1CC)C1COC1. The molecule has 0 spiro atoms. The van der Waals surface area contributed by atoms with Crippen molar-refractivity contribution in [1.29, 1.82) is 0 Å². The summed E-state index contributed by atoms with van der Waals surface area (Å²) in [5.74, 6) is 0. The number of hydrogen-bond acceptors (Lipinski definition) is 3. The third kappa shape index (κ3) is 2.77. The summed E-state index contributed by atoms with van der Waals surface area (Å²) in [5, 5.41) is 1.30. The standard InChI is InChI=1S/C15H24O3Si/c1-4-13-9-7-8-10-15(13)19(17-5-2,18-6-3)14-11-16-12-14/h7-10,14H,4-6,11-12H2,1-3H3. The van der Waals surface area contributed by atoms with Gasteiger partial charge in [0.15, 0.2) is 0 Å². The Bertz CT molecular complexity index is 398. The van der Waals surface area contributed by atoms with Crippen molar-refractivity contribution in [2.45, 2.75) is 32.7 Å². The molecule has 0 unspecified atom stereocenters. The van der Waals surface area contributed by atoms with Crippen LogP contribution >= 0.6 is 0 Å². The van der Waals surface area contributed by atoms with E-state index in [-0.39, 0.29) is 0 Å². The molecule has 0 atom stereocenters. The molecule has 0 radical (unpaired) electrons. The molecule has 2 rings (SSSR count). The molecule has 1 aliphatic heterocycles. The number of aryl methyl sites for hydroxylation is 1. The van der Waals surface area contributed by atoms with Gasteiger partial charge in [0, 0.05) is 13.2 Å². The molecule has 0 amide bonds. The molecule has 0 saturated carbocycles. The Balaban J connectivity index is 2.44. The quantitative estimate of drug-likeness (QED) is 0.718. The molecule has 1 fully saturated rings. The fraction of sp³-hybridized carbons (Fsp3) is 0.600. The Morgan fingerprint density at radius 3 is 2.21 bits per heavy atom. The summed E-state index contributed by atoms with van der Waals surface area (Å²) in [4.78, 5) is 0. The van der Waals surface area contributed by atoms with Gasteiger partial charge in [0.25, 0.3) is 0 Å². The first kappa shape index (κ1) is 14.7. The second kappa shape index (κ2) is 6.66. The van der Waals surface area contributed by atoms with E-state index in [0.717, 1.165) is 19.6 Å². The molecular weight excluding hydrogens is 256 g/mol. The van der Waals surface area contributed by atoms with E-state index in [4.69, 9.17) is 13.6 Å². The van der Waals surface area contributed by atoms with Crippen molar-refractivity contribution >= 4 is 13.7 Å². The Kier molecular flexibility index (Phi) is 5.16. The van der Waals surface area contributed by atoms with Gasteiger partial charge in [-0.25, -0.2) is 0 Å². The van der Waals surface area contributed by atoms with Crippen LogP contribution in [0.25, 0.3) is 0 Å². The molecule has 0 N–H and O–H groups in total. The molecule has 3 nitrogen and oxygen atoms in total. The van der Waals surface area contributed by atoms with Crippen LogP contribution in [0.3, 0.4) is 0 Å². The Morgan fingerprint density at radius 2 is 1.74 bits per heavy atom. The van der Waals surface area contributed by atoms with E-state index in [0.29, 0.717) is 18.8 Å². The van der Waals surface area contributed by atoms with E-state index < -0.39 is 8.56 Å². The van der Waals surface area contributed by atoms with Crippen molar-refractivity contribution in [3.8, 4) is 0 Å². The minimum Gasteiger partial charge on any atom is -0.391 e. The zero-order valence-corrected chi connectivity index (χ0v) is 13.1. The molecule has 0 bridgehead atoms. The third-order valence-corrected chi connectivity index (χ3v) is 7.75. The highest BCUT2D eigenvalue weighted by Crippen LogP contribution is 2.32. The lowest BCUT2D eigenvalue weighted by Crippen LogP contribution is -2.63. The van der Waals surface area contributed by atoms with Crippen LogP contribution in [0.1, 0.15) is 26.3 Å². The number of ether oxygens (including phenoxy) is 1. The Hall–Kier alpha value is -0.683. The summed E-state index contributed by atoms with van der Waals surface area (Å²) >= 11 is 0. The van der Waals surface area contributed by atoms with Gasteiger partial charge in [-0.3, -0.25) is 0 Å². The number of hydrogen-bond donors (Lipinski definition) is 0. The maximum Gasteiger partial charge on any atom is 0.380 e. The van der Waals surface area contributed by atoms with Gasteiger partial charge in [-0.1, -0.05) is 31.2 Å². The fourth-order valence-corrected chi connectivity index (χ4v) is 6.58. The summed E-state index contributed by atoms with van der Waals surface area (Å²) in [6.45, 7) is 9.22. The molecular formula is C15H24O3Si. The van der Waals surface area contributed by atoms with Crippen LogP contribution in [0.4, 0.5) is 0 Å². The maximum absolute atomic E-state index is 6.24. The largest absolute Gasteiger partial charge is 0.391 e. The van der Waals surface area contributed by atoms with Crippen LogP contribution in [-0.4, -0.2) is 35.0 Å². The van der Waals surface area contributed by atoms with Crippen molar-refractivity contribution in [3.05, 3.63) is 29.8 Å². The van der Waals surface area contributed by atoms with E-state index in [1.54, 1.807) is 0 Å². The van der Waals surface area contributed by atoms with Gasteiger partial charge in [0.2, 0.25) is 0 Å². The van der Waals surface area contributed by atoms with E-state index in [1.165, 1.54) is 10.8 Å². The second-order valence-electron chi connectivity index (χ2n) is 4.78. The zero-order valence-electron chi connectivity index (χ0n) is 12.1. The van der Waals surface area contributed by atoms with Crippen LogP contribution < -0.4 is 5.19 Å². The molecule has 1 aliphatic rings. The van der Waals surface area contributed by atoms with E-state index in [1.807, 2.05) is 0 Å². The van der Waals surface area contributed by atoms with Gasteiger partial charge < -0.3 is 13.6 Å². The summed E-state index contributed by atoms with van der Waals surface area (Å²) in [6, 6.07) is 8.56. The van der Waals surface area contributed by atoms with Gasteiger partial charge in [-0.15, -0.1) is 0 Å². The third-order valence-electron chi connectivity index (χ3n) is 3.67. The predicted octanol–water partition coefficient (Wildman–Crippen LogP) is 2.37. The highest BCUT2D eigenvalue weighted by Gasteiger charge is 2.52. The second-order valence-corrected chi connectivity index (χ2v) is 8.05. The van der Waals surface area contributed by atoms with Crippen LogP contribution in [0.5, 0.6) is 0 Å². The molecule has 1 aromatic rings. The normalized spacial score (nSPS) is 16.4. The summed E-state index contributed by atoms with van der Waals surface area (Å²) < 4.78 is 17.9. The first-order chi connectivity index (χ1) is 9.28. The molecule has 0 aromatic heterocycles. The monoisotopic (exact) mass is 280 g/mol. The van der Waals surface area contributed by atoms with Crippen LogP contribution in [0.15, 0.2) is 24.3 Å². The molecule has 1 heterocycles. The van der Waals surface area contributed by atoms with Crippen LogP contribution in [0.2, 0.25) is 5.54 Å². The molecule has 0 aliphatic carbocycles. The number of benzene rings is 1. The highest BCUT2D eigenvalue weighted by atomic mass is 28.4. The minimum absolute atomic E-state index is 0.417. The van der Waals surface area contributed by atoms with Crippen molar-refractivity contribution < 1.29 is 13.6 Å². The van der Waals surface area contributed by atoms with Gasteiger partial charge in [-0.05, 0) is 31.0 Å². The first-order valence-corrected chi connectivity index (χ1v) is 9.11. The molecule has 4 heteroatoms. The van der Waals surface area contributed by atoms with Gasteiger partial charge in [0.1, 0.15) is 0 Å². The average molecular weight is 280 g/mol. The minimum atomic E-state index is -2.38. The van der Waals surface area contributed by atoms with Gasteiger partial charge in [-0.2, -0.15) is 0 Å². The molecule has 19 heavy (non-hydrogen) atoms. The average Bonchev–Trinajstić information content (AvgIpc) is 2.37. The first-order valence-electron chi connectivity index (χ1n) is 7.22. The van der Waals surface area contributed by atoms with E-state index >= 15 is 0 Å².